The molecule has 0 spiro atoms. The van der Waals surface area contributed by atoms with E-state index >= 15 is 0 Å². The molecule has 3 atom stereocenters. The number of carbonyl (C=O) groups is 9. The minimum Gasteiger partial charge on any atom is -0.379 e. The number of Topliss-reactive ketones (excluding diaryl/α,β-unsaturated/α-hetero) is 3. The maximum absolute atomic E-state index is 13.1. The molecule has 0 aromatic carbocycles. The molecule has 54 nitrogen and oxygen atoms in total. The number of rotatable bonds is 120. The largest absolute Gasteiger partial charge is 0.379 e. The Hall–Kier alpha value is -7.44. The van der Waals surface area contributed by atoms with Crippen molar-refractivity contribution in [2.24, 2.45) is 32.5 Å². The maximum Gasteiger partial charge on any atom is 0.246 e. The highest BCUT2D eigenvalue weighted by molar-refractivity contribution is 5.91. The lowest BCUT2D eigenvalue weighted by Gasteiger charge is -2.18. The second-order valence-electron chi connectivity index (χ2n) is 32.0. The van der Waals surface area contributed by atoms with Crippen LogP contribution in [0.25, 0.3) is 31.3 Å². The summed E-state index contributed by atoms with van der Waals surface area (Å²) in [5, 5.41) is 26.7. The fraction of sp³-hybridized carbons (Fsp3) is 0.906. The summed E-state index contributed by atoms with van der Waals surface area (Å²) in [7, 11) is 0. The first-order chi connectivity index (χ1) is 73.6. The molecule has 0 saturated carbocycles. The predicted octanol–water partition coefficient (Wildman–Crippen LogP) is 2.81. The number of hydrogen-bond acceptors (Lipinski definition) is 42. The standard InChI is InChI=1S/C40H77N7O16.C32H62N6O12.C24H47N5O8/c1-2-12-52-17-22-57-23-18-53-13-5-7-37(48)36(6-3-4-9-43-38(49)33-61-30-28-60-26-21-56-16-11-45-47-42)46-40(51)35-63-32-29-59-25-20-55-15-10-44-39(50)34-62-31-27-58-24-19-54-14-8-41;1-2-11-42-15-19-46-20-16-43-12-5-7-30(39)29(37-32(41)28-50-26-24-47-21-17-44-13-8-33)6-3-4-9-35-31(40)27-49-25-23-48-22-18-45-14-10-36-38-34;1-2-10-32-13-16-35-17-14-33-11-5-7-23(30)22(6-3-4-8-25)28-24(31)21-37-20-19-36-18-15-34-12-9-27-29-26/h36H,2-35,41H2,1H3,(H,43,49)(H,44,50)(H,46,51);29H,2-28,33H2,1H3,(H,35,40)(H,37,41);22H,2-21,25H2,1H3,(H,28,31)/t36-;29-;22-/m000/s1. The van der Waals surface area contributed by atoms with Crippen LogP contribution >= 0.6 is 0 Å². The molecular weight excluding hydrogens is 1980 g/mol. The van der Waals surface area contributed by atoms with Crippen LogP contribution in [0.5, 0.6) is 0 Å². The molecule has 6 amide bonds. The Kier molecular flexibility index (Phi) is 124. The molecule has 0 aliphatic carbocycles. The molecule has 0 aliphatic heterocycles. The predicted molar refractivity (Wildman–Crippen MR) is 551 cm³/mol. The Balaban J connectivity index is -0.00000224. The molecule has 0 aromatic rings. The van der Waals surface area contributed by atoms with Crippen molar-refractivity contribution in [3.05, 3.63) is 31.3 Å². The zero-order valence-corrected chi connectivity index (χ0v) is 90.0. The van der Waals surface area contributed by atoms with E-state index in [2.05, 4.69) is 68.9 Å². The molecule has 0 unspecified atom stereocenters. The van der Waals surface area contributed by atoms with Crippen LogP contribution in [0.2, 0.25) is 0 Å². The zero-order chi connectivity index (χ0) is 110. The van der Waals surface area contributed by atoms with Crippen molar-refractivity contribution in [2.45, 2.75) is 154 Å². The van der Waals surface area contributed by atoms with Crippen molar-refractivity contribution >= 4 is 52.8 Å². The highest BCUT2D eigenvalue weighted by atomic mass is 16.6. The summed E-state index contributed by atoms with van der Waals surface area (Å²) < 4.78 is 145. The first-order valence-electron chi connectivity index (χ1n) is 52.6. The number of amides is 6. The second kappa shape index (κ2) is 127. The minimum atomic E-state index is -0.717. The smallest absolute Gasteiger partial charge is 0.246 e. The van der Waals surface area contributed by atoms with Gasteiger partial charge in [-0.2, -0.15) is 0 Å². The van der Waals surface area contributed by atoms with Gasteiger partial charge in [0.05, 0.1) is 296 Å². The molecule has 150 heavy (non-hydrogen) atoms. The highest BCUT2D eigenvalue weighted by Crippen LogP contribution is 2.11. The average molecular weight is 2170 g/mol. The summed E-state index contributed by atoms with van der Waals surface area (Å²) >= 11 is 0. The van der Waals surface area contributed by atoms with Gasteiger partial charge in [-0.05, 0) is 119 Å². The van der Waals surface area contributed by atoms with Gasteiger partial charge in [0.2, 0.25) is 35.4 Å². The van der Waals surface area contributed by atoms with Crippen LogP contribution in [-0.2, 0) is 171 Å². The van der Waals surface area contributed by atoms with E-state index in [4.69, 9.17) is 162 Å². The van der Waals surface area contributed by atoms with Crippen LogP contribution < -0.4 is 49.1 Å². The molecule has 0 aromatic heterocycles. The quantitative estimate of drug-likeness (QED) is 0.0183. The molecule has 12 N–H and O–H groups in total. The van der Waals surface area contributed by atoms with Crippen LogP contribution in [0.15, 0.2) is 15.3 Å². The number of azide groups is 3. The third-order valence-corrected chi connectivity index (χ3v) is 19.2. The van der Waals surface area contributed by atoms with Crippen LogP contribution in [-0.4, -0.2) is 487 Å². The van der Waals surface area contributed by atoms with Crippen molar-refractivity contribution in [3.8, 4) is 0 Å². The molecule has 54 heteroatoms. The van der Waals surface area contributed by atoms with E-state index in [1.807, 2.05) is 13.8 Å². The number of carbonyl (C=O) groups excluding carboxylic acids is 9. The van der Waals surface area contributed by atoms with E-state index in [1.165, 1.54) is 0 Å². The zero-order valence-electron chi connectivity index (χ0n) is 90.0. The van der Waals surface area contributed by atoms with Crippen LogP contribution in [0.4, 0.5) is 0 Å². The van der Waals surface area contributed by atoms with Crippen molar-refractivity contribution in [3.63, 3.8) is 0 Å². The van der Waals surface area contributed by atoms with Crippen LogP contribution in [0, 0.1) is 0 Å². The normalized spacial score (nSPS) is 11.6. The number of hydrogen-bond donors (Lipinski definition) is 9. The Morgan fingerprint density at radius 3 is 0.633 bits per heavy atom. The molecule has 0 aliphatic rings. The second-order valence-corrected chi connectivity index (χ2v) is 32.0. The molecule has 876 valence electrons. The van der Waals surface area contributed by atoms with Gasteiger partial charge >= 0.3 is 0 Å². The Morgan fingerprint density at radius 2 is 0.407 bits per heavy atom. The van der Waals surface area contributed by atoms with E-state index in [-0.39, 0.29) is 153 Å². The number of unbranched alkanes of at least 4 members (excludes halogenated alkanes) is 3. The summed E-state index contributed by atoms with van der Waals surface area (Å²) in [6.07, 6.45) is 10.6. The first-order valence-corrected chi connectivity index (χ1v) is 52.6. The van der Waals surface area contributed by atoms with Crippen LogP contribution in [0.1, 0.15) is 136 Å². The Bertz CT molecular complexity index is 3200. The topological polar surface area (TPSA) is 699 Å². The van der Waals surface area contributed by atoms with Gasteiger partial charge < -0.3 is 177 Å². The van der Waals surface area contributed by atoms with Gasteiger partial charge in [0.1, 0.15) is 39.6 Å². The van der Waals surface area contributed by atoms with Gasteiger partial charge in [-0.15, -0.1) is 0 Å². The maximum atomic E-state index is 13.1. The number of nitrogens with zero attached hydrogens (tertiary/aromatic N) is 9. The van der Waals surface area contributed by atoms with Gasteiger partial charge in [0, 0.05) is 126 Å². The fourth-order valence-electron chi connectivity index (χ4n) is 11.8. The van der Waals surface area contributed by atoms with Crippen molar-refractivity contribution in [2.75, 3.05) is 416 Å². The molecule has 0 bridgehead atoms. The number of nitrogens with one attached hydrogen (secondary N) is 6. The van der Waals surface area contributed by atoms with Crippen molar-refractivity contribution < 1.29 is 171 Å². The summed E-state index contributed by atoms with van der Waals surface area (Å²) in [4.78, 5) is 120. The third kappa shape index (κ3) is 119. The monoisotopic (exact) mass is 2170 g/mol. The van der Waals surface area contributed by atoms with Crippen molar-refractivity contribution in [1.82, 2.24) is 31.9 Å². The van der Waals surface area contributed by atoms with E-state index < -0.39 is 29.9 Å². The van der Waals surface area contributed by atoms with E-state index in [9.17, 15) is 43.2 Å². The lowest BCUT2D eigenvalue weighted by atomic mass is 10.0. The van der Waals surface area contributed by atoms with Crippen molar-refractivity contribution in [1.29, 1.82) is 0 Å². The number of ketones is 3. The molecule has 0 rings (SSSR count). The van der Waals surface area contributed by atoms with Gasteiger partial charge in [-0.1, -0.05) is 36.1 Å². The van der Waals surface area contributed by atoms with Crippen LogP contribution in [0.3, 0.4) is 0 Å². The number of ether oxygens (including phenoxy) is 27. The number of nitrogens with two attached hydrogens (primary N) is 3. The lowest BCUT2D eigenvalue weighted by molar-refractivity contribution is -0.131. The Labute approximate surface area is 886 Å². The Morgan fingerprint density at radius 1 is 0.213 bits per heavy atom. The average Bonchev–Trinajstić information content (AvgIpc) is 0.926. The van der Waals surface area contributed by atoms with E-state index in [0.717, 1.165) is 45.3 Å². The van der Waals surface area contributed by atoms with Gasteiger partial charge in [0.25, 0.3) is 0 Å². The molecule has 0 fully saturated rings. The molecular formula is C96H186N18O36. The third-order valence-electron chi connectivity index (χ3n) is 19.2. The van der Waals surface area contributed by atoms with Gasteiger partial charge in [-0.25, -0.2) is 0 Å². The first kappa shape index (κ1) is 147. The SMILES string of the molecule is CCCOCCOCCOCCCC(=O)[C@H](CCCCN)NC(=O)COCCOCCOCCN=[N+]=[N-].CCCOCCOCCOCCCC(=O)[C@H](CCCCNC(=O)COCCOCCOCCN=[N+]=[N-])NC(=O)COCCOCCOCCN.CCCOCCOCCOCCCC(=O)[C@H](CCCCNC(=O)COCCOCCOCCN=[N+]=[N-])NC(=O)COCCOCCOCCNC(=O)COCCOCCOCCN. The van der Waals surface area contributed by atoms with E-state index in [1.54, 1.807) is 0 Å². The highest BCUT2D eigenvalue weighted by Gasteiger charge is 2.24. The lowest BCUT2D eigenvalue weighted by Crippen LogP contribution is -2.42. The summed E-state index contributed by atoms with van der Waals surface area (Å²) in [6, 6.07) is -1.96. The minimum absolute atomic E-state index is 0.0258. The summed E-state index contributed by atoms with van der Waals surface area (Å²) in [5.41, 5.74) is 40.8. The molecule has 0 saturated heterocycles. The molecule has 0 heterocycles. The van der Waals surface area contributed by atoms with E-state index in [0.29, 0.717) is 374 Å². The van der Waals surface area contributed by atoms with Gasteiger partial charge in [-0.3, -0.25) is 43.2 Å². The summed E-state index contributed by atoms with van der Waals surface area (Å²) in [5.74, 6) is -2.18. The fourth-order valence-corrected chi connectivity index (χ4v) is 11.8. The molecule has 0 radical (unpaired) electrons. The van der Waals surface area contributed by atoms with Gasteiger partial charge in [0.15, 0.2) is 17.3 Å². The summed E-state index contributed by atoms with van der Waals surface area (Å²) in [6.45, 7) is 27.9.